The summed E-state index contributed by atoms with van der Waals surface area (Å²) in [6.07, 6.45) is 9.32. The minimum absolute atomic E-state index is 0.446. The summed E-state index contributed by atoms with van der Waals surface area (Å²) in [5.74, 6) is -0.360. The van der Waals surface area contributed by atoms with E-state index in [9.17, 15) is 9.90 Å². The van der Waals surface area contributed by atoms with Crippen molar-refractivity contribution >= 4 is 23.3 Å². The van der Waals surface area contributed by atoms with Crippen molar-refractivity contribution in [3.63, 3.8) is 0 Å². The first-order chi connectivity index (χ1) is 9.72. The van der Waals surface area contributed by atoms with Gasteiger partial charge in [-0.15, -0.1) is 11.8 Å². The first-order valence-corrected chi connectivity index (χ1v) is 8.32. The summed E-state index contributed by atoms with van der Waals surface area (Å²) in [6.45, 7) is 0. The average molecular weight is 288 g/mol. The van der Waals surface area contributed by atoms with Gasteiger partial charge in [-0.3, -0.25) is 0 Å². The van der Waals surface area contributed by atoms with Gasteiger partial charge in [-0.25, -0.2) is 4.79 Å². The Morgan fingerprint density at radius 1 is 1.10 bits per heavy atom. The average Bonchev–Trinajstić information content (AvgIpc) is 3.10. The van der Waals surface area contributed by atoms with E-state index in [-0.39, 0.29) is 0 Å². The highest BCUT2D eigenvalue weighted by Crippen LogP contribution is 2.39. The van der Waals surface area contributed by atoms with Crippen LogP contribution in [0.15, 0.2) is 35.2 Å². The minimum Gasteiger partial charge on any atom is -0.478 e. The quantitative estimate of drug-likeness (QED) is 0.805. The molecule has 0 saturated heterocycles. The van der Waals surface area contributed by atoms with Crippen molar-refractivity contribution in [2.24, 2.45) is 5.92 Å². The molecule has 2 aliphatic rings. The van der Waals surface area contributed by atoms with Crippen LogP contribution in [-0.4, -0.2) is 16.3 Å². The zero-order valence-electron chi connectivity index (χ0n) is 11.5. The van der Waals surface area contributed by atoms with Gasteiger partial charge in [-0.05, 0) is 49.3 Å². The molecule has 0 unspecified atom stereocenters. The number of carboxylic acid groups (broad SMARTS) is 1. The van der Waals surface area contributed by atoms with E-state index in [0.29, 0.717) is 11.5 Å². The lowest BCUT2D eigenvalue weighted by molar-refractivity contribution is -0.130. The second-order valence-electron chi connectivity index (χ2n) is 5.77. The molecule has 0 amide bonds. The molecule has 1 N–H and O–H groups in total. The predicted octanol–water partition coefficient (Wildman–Crippen LogP) is 4.60. The Balaban J connectivity index is 1.77. The normalized spacial score (nSPS) is 20.3. The third-order valence-corrected chi connectivity index (χ3v) is 5.37. The molecule has 0 bridgehead atoms. The Morgan fingerprint density at radius 2 is 1.75 bits per heavy atom. The van der Waals surface area contributed by atoms with Crippen molar-refractivity contribution in [2.45, 2.75) is 48.7 Å². The van der Waals surface area contributed by atoms with Gasteiger partial charge in [0.1, 0.15) is 0 Å². The van der Waals surface area contributed by atoms with E-state index in [0.717, 1.165) is 23.7 Å². The Bertz CT molecular complexity index is 508. The molecular weight excluding hydrogens is 268 g/mol. The molecule has 0 radical (unpaired) electrons. The van der Waals surface area contributed by atoms with Gasteiger partial charge in [0.05, 0.1) is 5.57 Å². The van der Waals surface area contributed by atoms with Crippen molar-refractivity contribution in [1.82, 2.24) is 0 Å². The fraction of sp³-hybridized carbons (Fsp3) is 0.471. The zero-order valence-corrected chi connectivity index (χ0v) is 12.4. The maximum Gasteiger partial charge on any atom is 0.335 e. The van der Waals surface area contributed by atoms with E-state index >= 15 is 0 Å². The molecule has 2 saturated carbocycles. The van der Waals surface area contributed by atoms with Gasteiger partial charge < -0.3 is 5.11 Å². The largest absolute Gasteiger partial charge is 0.478 e. The van der Waals surface area contributed by atoms with E-state index in [1.807, 2.05) is 30.0 Å². The van der Waals surface area contributed by atoms with Crippen LogP contribution in [-0.2, 0) is 4.79 Å². The van der Waals surface area contributed by atoms with Crippen LogP contribution in [0.2, 0.25) is 0 Å². The second kappa shape index (κ2) is 6.04. The van der Waals surface area contributed by atoms with Gasteiger partial charge in [0.25, 0.3) is 0 Å². The van der Waals surface area contributed by atoms with Crippen LogP contribution in [0.25, 0.3) is 5.57 Å². The summed E-state index contributed by atoms with van der Waals surface area (Å²) in [5.41, 5.74) is 1.31. The topological polar surface area (TPSA) is 37.3 Å². The van der Waals surface area contributed by atoms with Crippen LogP contribution in [0.4, 0.5) is 0 Å². The van der Waals surface area contributed by atoms with Crippen LogP contribution in [0.5, 0.6) is 0 Å². The molecule has 0 aliphatic heterocycles. The number of allylic oxidation sites excluding steroid dienone is 1. The van der Waals surface area contributed by atoms with Crippen LogP contribution in [0.3, 0.4) is 0 Å². The Labute approximate surface area is 124 Å². The van der Waals surface area contributed by atoms with Gasteiger partial charge in [0, 0.05) is 10.1 Å². The summed E-state index contributed by atoms with van der Waals surface area (Å²) < 4.78 is 0. The predicted molar refractivity (Wildman–Crippen MR) is 82.9 cm³/mol. The maximum absolute atomic E-state index is 11.5. The number of aliphatic carboxylic acids is 1. The number of hydrogen-bond donors (Lipinski definition) is 1. The third kappa shape index (κ3) is 3.45. The van der Waals surface area contributed by atoms with Crippen molar-refractivity contribution < 1.29 is 9.90 Å². The lowest BCUT2D eigenvalue weighted by atomic mass is 9.99. The monoisotopic (exact) mass is 288 g/mol. The summed E-state index contributed by atoms with van der Waals surface area (Å²) in [6, 6.07) is 8.03. The summed E-state index contributed by atoms with van der Waals surface area (Å²) in [5, 5.41) is 10.2. The molecule has 2 fully saturated rings. The summed E-state index contributed by atoms with van der Waals surface area (Å²) in [7, 11) is 0. The van der Waals surface area contributed by atoms with Gasteiger partial charge in [0.15, 0.2) is 0 Å². The van der Waals surface area contributed by atoms with Crippen molar-refractivity contribution in [1.29, 1.82) is 0 Å². The minimum atomic E-state index is -0.806. The van der Waals surface area contributed by atoms with E-state index in [2.05, 4.69) is 12.1 Å². The molecular formula is C17H20O2S. The lowest BCUT2D eigenvalue weighted by Gasteiger charge is -2.08. The highest BCUT2D eigenvalue weighted by Gasteiger charge is 2.22. The standard InChI is InChI=1S/C17H20O2S/c18-17(19)16(11-12-3-1-2-4-12)13-5-7-14(8-6-13)20-15-9-10-15/h5-8,11-12,15H,1-4,9-10H2,(H,18,19). The van der Waals surface area contributed by atoms with Crippen LogP contribution in [0, 0.1) is 5.92 Å². The molecule has 3 heteroatoms. The fourth-order valence-corrected chi connectivity index (χ4v) is 3.79. The molecule has 106 valence electrons. The molecule has 0 heterocycles. The van der Waals surface area contributed by atoms with Gasteiger partial charge in [-0.2, -0.15) is 0 Å². The van der Waals surface area contributed by atoms with E-state index in [1.54, 1.807) is 0 Å². The van der Waals surface area contributed by atoms with Crippen molar-refractivity contribution in [2.75, 3.05) is 0 Å². The molecule has 2 aliphatic carbocycles. The van der Waals surface area contributed by atoms with Crippen molar-refractivity contribution in [3.05, 3.63) is 35.9 Å². The van der Waals surface area contributed by atoms with E-state index in [1.165, 1.54) is 30.6 Å². The van der Waals surface area contributed by atoms with Gasteiger partial charge >= 0.3 is 5.97 Å². The number of rotatable bonds is 5. The maximum atomic E-state index is 11.5. The number of hydrogen-bond acceptors (Lipinski definition) is 2. The molecule has 1 aromatic carbocycles. The highest BCUT2D eigenvalue weighted by atomic mass is 32.2. The highest BCUT2D eigenvalue weighted by molar-refractivity contribution is 8.00. The van der Waals surface area contributed by atoms with Crippen LogP contribution < -0.4 is 0 Å². The number of carbonyl (C=O) groups is 1. The van der Waals surface area contributed by atoms with E-state index < -0.39 is 5.97 Å². The molecule has 2 nitrogen and oxygen atoms in total. The van der Waals surface area contributed by atoms with Gasteiger partial charge in [-0.1, -0.05) is 31.1 Å². The second-order valence-corrected chi connectivity index (χ2v) is 7.15. The molecule has 3 rings (SSSR count). The Morgan fingerprint density at radius 3 is 2.30 bits per heavy atom. The molecule has 0 spiro atoms. The van der Waals surface area contributed by atoms with Crippen LogP contribution >= 0.6 is 11.8 Å². The lowest BCUT2D eigenvalue weighted by Crippen LogP contribution is -2.02. The molecule has 0 atom stereocenters. The van der Waals surface area contributed by atoms with E-state index in [4.69, 9.17) is 0 Å². The number of thioether (sulfide) groups is 1. The van der Waals surface area contributed by atoms with Crippen LogP contribution in [0.1, 0.15) is 44.1 Å². The number of carboxylic acids is 1. The molecule has 0 aromatic heterocycles. The zero-order chi connectivity index (χ0) is 13.9. The Kier molecular flexibility index (Phi) is 4.16. The third-order valence-electron chi connectivity index (χ3n) is 4.03. The number of benzene rings is 1. The first-order valence-electron chi connectivity index (χ1n) is 7.44. The fourth-order valence-electron chi connectivity index (χ4n) is 2.74. The SMILES string of the molecule is O=C(O)C(=CC1CCCC1)c1ccc(SC2CC2)cc1. The summed E-state index contributed by atoms with van der Waals surface area (Å²) >= 11 is 1.90. The molecule has 20 heavy (non-hydrogen) atoms. The Hall–Kier alpha value is -1.22. The van der Waals surface area contributed by atoms with Gasteiger partial charge in [0.2, 0.25) is 0 Å². The first kappa shape index (κ1) is 13.7. The smallest absolute Gasteiger partial charge is 0.335 e. The summed E-state index contributed by atoms with van der Waals surface area (Å²) in [4.78, 5) is 12.7. The van der Waals surface area contributed by atoms with Crippen molar-refractivity contribution in [3.8, 4) is 0 Å². The molecule has 1 aromatic rings.